The van der Waals surface area contributed by atoms with Crippen LogP contribution >= 0.6 is 11.6 Å². The van der Waals surface area contributed by atoms with Crippen LogP contribution in [0.2, 0.25) is 5.02 Å². The average Bonchev–Trinajstić information content (AvgIpc) is 3.43. The summed E-state index contributed by atoms with van der Waals surface area (Å²) < 4.78 is 23.6. The third-order valence-electron chi connectivity index (χ3n) is 5.64. The van der Waals surface area contributed by atoms with Crippen LogP contribution in [0.1, 0.15) is 18.4 Å². The molecule has 1 fully saturated rings. The number of imidazole rings is 1. The van der Waals surface area contributed by atoms with Crippen LogP contribution in [0.4, 0.5) is 4.39 Å². The number of nitrogens with zero attached hydrogens (tertiary/aromatic N) is 4. The Hall–Kier alpha value is -3.23. The molecule has 1 atom stereocenters. The first-order chi connectivity index (χ1) is 15.5. The molecule has 0 amide bonds. The largest absolute Gasteiger partial charge is 0.376 e. The maximum absolute atomic E-state index is 13.7. The van der Waals surface area contributed by atoms with Gasteiger partial charge in [-0.15, -0.1) is 0 Å². The monoisotopic (exact) mass is 454 g/mol. The van der Waals surface area contributed by atoms with E-state index in [1.54, 1.807) is 41.0 Å². The second kappa shape index (κ2) is 8.37. The van der Waals surface area contributed by atoms with E-state index < -0.39 is 11.2 Å². The normalized spacial score (nSPS) is 16.1. The molecule has 164 valence electrons. The number of halogens is 2. The van der Waals surface area contributed by atoms with Gasteiger partial charge in [0.1, 0.15) is 5.82 Å². The zero-order valence-corrected chi connectivity index (χ0v) is 17.8. The highest BCUT2D eigenvalue weighted by Crippen LogP contribution is 2.18. The molecule has 9 heteroatoms. The molecule has 1 aliphatic heterocycles. The van der Waals surface area contributed by atoms with E-state index in [-0.39, 0.29) is 36.2 Å². The van der Waals surface area contributed by atoms with E-state index >= 15 is 0 Å². The first kappa shape index (κ1) is 20.7. The van der Waals surface area contributed by atoms with Gasteiger partial charge in [-0.2, -0.15) is 0 Å². The van der Waals surface area contributed by atoms with Crippen molar-refractivity contribution in [3.05, 3.63) is 92.1 Å². The highest BCUT2D eigenvalue weighted by molar-refractivity contribution is 6.30. The zero-order valence-electron chi connectivity index (χ0n) is 17.1. The van der Waals surface area contributed by atoms with Crippen molar-refractivity contribution in [1.82, 2.24) is 18.7 Å². The molecule has 0 aliphatic carbocycles. The fourth-order valence-electron chi connectivity index (χ4n) is 4.11. The molecule has 0 spiro atoms. The molecule has 1 saturated heterocycles. The number of ether oxygens (including phenoxy) is 1. The maximum Gasteiger partial charge on any atom is 0.337 e. The smallest absolute Gasteiger partial charge is 0.337 e. The van der Waals surface area contributed by atoms with Gasteiger partial charge in [0.05, 0.1) is 24.7 Å². The standard InChI is InChI=1S/C23H20ClFN4O3/c24-16-6-8-18(9-7-16)29-21-20(22(30)28(23(29)31)13-19-5-2-10-32-19)27(14-26-21)12-15-3-1-4-17(25)11-15/h1,3-4,6-9,11,14,19H,2,5,10,12-13H2. The van der Waals surface area contributed by atoms with Gasteiger partial charge in [-0.3, -0.25) is 9.36 Å². The summed E-state index contributed by atoms with van der Waals surface area (Å²) in [4.78, 5) is 31.3. The molecule has 0 saturated carbocycles. The zero-order chi connectivity index (χ0) is 22.2. The van der Waals surface area contributed by atoms with Crippen LogP contribution in [0.15, 0.2) is 64.4 Å². The van der Waals surface area contributed by atoms with Gasteiger partial charge in [0, 0.05) is 18.2 Å². The highest BCUT2D eigenvalue weighted by Gasteiger charge is 2.23. The van der Waals surface area contributed by atoms with Crippen molar-refractivity contribution in [1.29, 1.82) is 0 Å². The Morgan fingerprint density at radius 3 is 2.69 bits per heavy atom. The summed E-state index contributed by atoms with van der Waals surface area (Å²) in [6.07, 6.45) is 2.98. The molecule has 0 N–H and O–H groups in total. The van der Waals surface area contributed by atoms with E-state index in [4.69, 9.17) is 16.3 Å². The third-order valence-corrected chi connectivity index (χ3v) is 5.89. The number of benzene rings is 2. The molecule has 4 aromatic rings. The average molecular weight is 455 g/mol. The lowest BCUT2D eigenvalue weighted by molar-refractivity contribution is 0.0950. The topological polar surface area (TPSA) is 71.0 Å². The van der Waals surface area contributed by atoms with Crippen molar-refractivity contribution in [2.75, 3.05) is 6.61 Å². The van der Waals surface area contributed by atoms with E-state index in [0.29, 0.717) is 22.9 Å². The van der Waals surface area contributed by atoms with Crippen molar-refractivity contribution >= 4 is 22.8 Å². The Morgan fingerprint density at radius 1 is 1.16 bits per heavy atom. The van der Waals surface area contributed by atoms with Crippen molar-refractivity contribution in [2.45, 2.75) is 32.0 Å². The van der Waals surface area contributed by atoms with E-state index in [9.17, 15) is 14.0 Å². The molecular formula is C23H20ClFN4O3. The predicted molar refractivity (Wildman–Crippen MR) is 119 cm³/mol. The van der Waals surface area contributed by atoms with Crippen molar-refractivity contribution in [3.63, 3.8) is 0 Å². The van der Waals surface area contributed by atoms with Crippen LogP contribution < -0.4 is 11.2 Å². The van der Waals surface area contributed by atoms with E-state index in [2.05, 4.69) is 4.98 Å². The third kappa shape index (κ3) is 3.76. The molecular weight excluding hydrogens is 435 g/mol. The molecule has 5 rings (SSSR count). The molecule has 0 bridgehead atoms. The Balaban J connectivity index is 1.72. The van der Waals surface area contributed by atoms with Crippen molar-refractivity contribution in [3.8, 4) is 5.69 Å². The van der Waals surface area contributed by atoms with Crippen LogP contribution in [-0.2, 0) is 17.8 Å². The van der Waals surface area contributed by atoms with Gasteiger partial charge in [-0.25, -0.2) is 18.7 Å². The number of hydrogen-bond acceptors (Lipinski definition) is 4. The Kier molecular flexibility index (Phi) is 5.40. The fraction of sp³-hybridized carbons (Fsp3) is 0.261. The number of fused-ring (bicyclic) bond motifs is 1. The second-order valence-corrected chi connectivity index (χ2v) is 8.26. The second-order valence-electron chi connectivity index (χ2n) is 7.82. The van der Waals surface area contributed by atoms with Crippen molar-refractivity contribution < 1.29 is 9.13 Å². The van der Waals surface area contributed by atoms with E-state index in [1.807, 2.05) is 0 Å². The van der Waals surface area contributed by atoms with Gasteiger partial charge in [-0.1, -0.05) is 23.7 Å². The minimum atomic E-state index is -0.490. The molecule has 0 radical (unpaired) electrons. The minimum absolute atomic E-state index is 0.159. The summed E-state index contributed by atoms with van der Waals surface area (Å²) in [7, 11) is 0. The molecule has 7 nitrogen and oxygen atoms in total. The Morgan fingerprint density at radius 2 is 1.97 bits per heavy atom. The van der Waals surface area contributed by atoms with Crippen LogP contribution in [0.3, 0.4) is 0 Å². The lowest BCUT2D eigenvalue weighted by atomic mass is 10.2. The Bertz CT molecular complexity index is 1400. The molecule has 1 unspecified atom stereocenters. The molecule has 1 aliphatic rings. The van der Waals surface area contributed by atoms with E-state index in [1.165, 1.54) is 27.6 Å². The van der Waals surface area contributed by atoms with Gasteiger partial charge in [0.15, 0.2) is 11.2 Å². The van der Waals surface area contributed by atoms with Crippen molar-refractivity contribution in [2.24, 2.45) is 0 Å². The summed E-state index contributed by atoms with van der Waals surface area (Å²) in [5.74, 6) is -0.360. The Labute approximate surface area is 187 Å². The van der Waals surface area contributed by atoms with Crippen LogP contribution in [0.5, 0.6) is 0 Å². The summed E-state index contributed by atoms with van der Waals surface area (Å²) in [6.45, 7) is 1.01. The van der Waals surface area contributed by atoms with Gasteiger partial charge in [0.25, 0.3) is 5.56 Å². The molecule has 2 aromatic carbocycles. The number of rotatable bonds is 5. The summed E-state index contributed by atoms with van der Waals surface area (Å²) in [5, 5.41) is 0.530. The van der Waals surface area contributed by atoms with Gasteiger partial charge >= 0.3 is 5.69 Å². The quantitative estimate of drug-likeness (QED) is 0.463. The summed E-state index contributed by atoms with van der Waals surface area (Å²) >= 11 is 6.02. The summed E-state index contributed by atoms with van der Waals surface area (Å²) in [5.41, 5.74) is 0.792. The fourth-order valence-corrected chi connectivity index (χ4v) is 4.23. The predicted octanol–water partition coefficient (Wildman–Crippen LogP) is 3.37. The van der Waals surface area contributed by atoms with E-state index in [0.717, 1.165) is 12.8 Å². The first-order valence-electron chi connectivity index (χ1n) is 10.3. The SMILES string of the molecule is O=c1c2c(ncn2Cc2cccc(F)c2)n(-c2ccc(Cl)cc2)c(=O)n1CC1CCCO1. The van der Waals surface area contributed by atoms with Gasteiger partial charge in [0.2, 0.25) is 0 Å². The lowest BCUT2D eigenvalue weighted by Crippen LogP contribution is -2.42. The van der Waals surface area contributed by atoms with Crippen LogP contribution in [0, 0.1) is 5.82 Å². The molecule has 32 heavy (non-hydrogen) atoms. The first-order valence-corrected chi connectivity index (χ1v) is 10.7. The minimum Gasteiger partial charge on any atom is -0.376 e. The highest BCUT2D eigenvalue weighted by atomic mass is 35.5. The summed E-state index contributed by atoms with van der Waals surface area (Å²) in [6, 6.07) is 12.9. The maximum atomic E-state index is 13.7. The molecule has 2 aromatic heterocycles. The number of aromatic nitrogens is 4. The van der Waals surface area contributed by atoms with Crippen LogP contribution in [-0.4, -0.2) is 31.4 Å². The van der Waals surface area contributed by atoms with Gasteiger partial charge in [-0.05, 0) is 54.8 Å². The van der Waals surface area contributed by atoms with Gasteiger partial charge < -0.3 is 9.30 Å². The number of hydrogen-bond donors (Lipinski definition) is 0. The lowest BCUT2D eigenvalue weighted by Gasteiger charge is -2.15. The van der Waals surface area contributed by atoms with Crippen LogP contribution in [0.25, 0.3) is 16.9 Å². The molecule has 3 heterocycles.